The van der Waals surface area contributed by atoms with Crippen LogP contribution in [-0.2, 0) is 14.4 Å². The summed E-state index contributed by atoms with van der Waals surface area (Å²) in [4.78, 5) is 26.3. The minimum atomic E-state index is -1.31. The van der Waals surface area contributed by atoms with Gasteiger partial charge in [0, 0.05) is 7.05 Å². The lowest BCUT2D eigenvalue weighted by molar-refractivity contribution is -0.178. The van der Waals surface area contributed by atoms with Crippen molar-refractivity contribution in [2.75, 3.05) is 13.7 Å². The summed E-state index contributed by atoms with van der Waals surface area (Å²) in [5.41, 5.74) is -0.726. The first-order chi connectivity index (χ1) is 7.17. The van der Waals surface area contributed by atoms with Crippen molar-refractivity contribution >= 4 is 12.1 Å². The van der Waals surface area contributed by atoms with E-state index in [1.54, 1.807) is 20.8 Å². The van der Waals surface area contributed by atoms with E-state index in [4.69, 9.17) is 14.9 Å². The molecule has 7 nitrogen and oxygen atoms in total. The van der Waals surface area contributed by atoms with E-state index in [9.17, 15) is 9.59 Å². The number of ether oxygens (including phenoxy) is 1. The van der Waals surface area contributed by atoms with Crippen molar-refractivity contribution < 1.29 is 29.4 Å². The smallest absolute Gasteiger partial charge is 0.480 e. The van der Waals surface area contributed by atoms with Crippen molar-refractivity contribution in [3.8, 4) is 0 Å². The lowest BCUT2D eigenvalue weighted by Gasteiger charge is -2.24. The van der Waals surface area contributed by atoms with Gasteiger partial charge in [0.05, 0.1) is 6.61 Å². The van der Waals surface area contributed by atoms with Crippen molar-refractivity contribution in [1.29, 1.82) is 0 Å². The van der Waals surface area contributed by atoms with Gasteiger partial charge in [-0.05, 0) is 20.8 Å². The number of carbonyl (C=O) groups is 2. The van der Waals surface area contributed by atoms with Gasteiger partial charge in [0.15, 0.2) is 6.04 Å². The summed E-state index contributed by atoms with van der Waals surface area (Å²) in [6.45, 7) is 4.27. The summed E-state index contributed by atoms with van der Waals surface area (Å²) in [5, 5.41) is 18.1. The van der Waals surface area contributed by atoms with Crippen LogP contribution in [0.2, 0.25) is 0 Å². The first-order valence-corrected chi connectivity index (χ1v) is 4.65. The number of carboxylic acid groups (broad SMARTS) is 1. The molecule has 0 rings (SSSR count). The van der Waals surface area contributed by atoms with Crippen molar-refractivity contribution in [2.45, 2.75) is 32.4 Å². The van der Waals surface area contributed by atoms with Crippen molar-refractivity contribution in [3.05, 3.63) is 0 Å². The quantitative estimate of drug-likeness (QED) is 0.531. The van der Waals surface area contributed by atoms with Crippen LogP contribution in [0.1, 0.15) is 20.8 Å². The Morgan fingerprint density at radius 2 is 1.88 bits per heavy atom. The van der Waals surface area contributed by atoms with E-state index in [1.165, 1.54) is 7.05 Å². The molecule has 0 bridgehead atoms. The number of carbonyl (C=O) groups excluding carboxylic acids is 1. The summed E-state index contributed by atoms with van der Waals surface area (Å²) < 4.78 is 4.81. The first-order valence-electron chi connectivity index (χ1n) is 4.65. The highest BCUT2D eigenvalue weighted by Gasteiger charge is 2.27. The Bertz CT molecular complexity index is 259. The average Bonchev–Trinajstić information content (AvgIpc) is 1.99. The number of likely N-dealkylation sites (N-methyl/N-ethyl adjacent to an activating group) is 1. The zero-order valence-corrected chi connectivity index (χ0v) is 9.76. The molecule has 1 atom stereocenters. The molecule has 0 saturated heterocycles. The predicted octanol–water partition coefficient (Wildman–Crippen LogP) is 0.230. The van der Waals surface area contributed by atoms with Gasteiger partial charge in [0.2, 0.25) is 0 Å². The highest BCUT2D eigenvalue weighted by Crippen LogP contribution is 2.09. The van der Waals surface area contributed by atoms with Crippen LogP contribution in [0.25, 0.3) is 0 Å². The lowest BCUT2D eigenvalue weighted by atomic mass is 10.2. The summed E-state index contributed by atoms with van der Waals surface area (Å²) in [5.74, 6) is -1.30. The van der Waals surface area contributed by atoms with Gasteiger partial charge >= 0.3 is 12.1 Å². The Morgan fingerprint density at radius 3 is 2.19 bits per heavy atom. The number of nitrogens with zero attached hydrogens (tertiary/aromatic N) is 1. The second kappa shape index (κ2) is 5.66. The van der Waals surface area contributed by atoms with E-state index >= 15 is 0 Å². The van der Waals surface area contributed by atoms with E-state index in [-0.39, 0.29) is 0 Å². The van der Waals surface area contributed by atoms with Crippen LogP contribution in [0.3, 0.4) is 0 Å². The van der Waals surface area contributed by atoms with Crippen LogP contribution >= 0.6 is 0 Å². The molecule has 0 radical (unpaired) electrons. The number of aliphatic hydroxyl groups excluding tert-OH is 1. The Morgan fingerprint density at radius 1 is 1.38 bits per heavy atom. The summed E-state index contributed by atoms with van der Waals surface area (Å²) in [6, 6.07) is -1.31. The number of carboxylic acids is 1. The molecular formula is C9H17NO6. The van der Waals surface area contributed by atoms with E-state index in [1.807, 2.05) is 0 Å². The number of hydroxylamine groups is 2. The topological polar surface area (TPSA) is 96.3 Å². The van der Waals surface area contributed by atoms with E-state index in [0.29, 0.717) is 0 Å². The average molecular weight is 235 g/mol. The largest absolute Gasteiger partial charge is 0.528 e. The van der Waals surface area contributed by atoms with Crippen LogP contribution in [0.15, 0.2) is 0 Å². The fourth-order valence-electron chi connectivity index (χ4n) is 0.798. The van der Waals surface area contributed by atoms with Crippen molar-refractivity contribution in [3.63, 3.8) is 0 Å². The maximum Gasteiger partial charge on any atom is 0.528 e. The molecule has 0 saturated carbocycles. The Labute approximate surface area is 93.5 Å². The molecule has 0 amide bonds. The molecule has 0 aromatic carbocycles. The number of hydrogen-bond donors (Lipinski definition) is 2. The Balaban J connectivity index is 4.28. The summed E-state index contributed by atoms with van der Waals surface area (Å²) in [6.07, 6.45) is -1.02. The zero-order chi connectivity index (χ0) is 12.9. The van der Waals surface area contributed by atoms with Crippen LogP contribution in [-0.4, -0.2) is 52.7 Å². The van der Waals surface area contributed by atoms with Gasteiger partial charge in [-0.1, -0.05) is 0 Å². The Kier molecular flexibility index (Phi) is 5.19. The van der Waals surface area contributed by atoms with Gasteiger partial charge in [-0.25, -0.2) is 4.79 Å². The number of aliphatic hydroxyl groups is 1. The summed E-state index contributed by atoms with van der Waals surface area (Å²) >= 11 is 0. The van der Waals surface area contributed by atoms with E-state index in [0.717, 1.165) is 5.06 Å². The number of rotatable bonds is 4. The molecule has 7 heteroatoms. The minimum absolute atomic E-state index is 0.672. The summed E-state index contributed by atoms with van der Waals surface area (Å²) in [7, 11) is 1.22. The first kappa shape index (κ1) is 14.7. The standard InChI is InChI=1S/C9H17NO6/c1-9(2,3)15-8(14)16-10(4)6(5-11)7(12)13/h6,11H,5H2,1-4H3,(H,12,13)/t6-/m0/s1. The van der Waals surface area contributed by atoms with E-state index < -0.39 is 30.4 Å². The highest BCUT2D eigenvalue weighted by atomic mass is 16.8. The minimum Gasteiger partial charge on any atom is -0.480 e. The van der Waals surface area contributed by atoms with E-state index in [2.05, 4.69) is 4.84 Å². The van der Waals surface area contributed by atoms with Gasteiger partial charge in [0.1, 0.15) is 5.60 Å². The molecule has 2 N–H and O–H groups in total. The fraction of sp³-hybridized carbons (Fsp3) is 0.778. The number of aliphatic carboxylic acids is 1. The second-order valence-corrected chi connectivity index (χ2v) is 4.14. The van der Waals surface area contributed by atoms with Crippen molar-refractivity contribution in [2.24, 2.45) is 0 Å². The monoisotopic (exact) mass is 235 g/mol. The lowest BCUT2D eigenvalue weighted by Crippen LogP contribution is -2.43. The second-order valence-electron chi connectivity index (χ2n) is 4.14. The van der Waals surface area contributed by atoms with Crippen LogP contribution in [0.5, 0.6) is 0 Å². The van der Waals surface area contributed by atoms with Gasteiger partial charge < -0.3 is 19.8 Å². The molecule has 0 aliphatic carbocycles. The maximum absolute atomic E-state index is 11.2. The highest BCUT2D eigenvalue weighted by molar-refractivity contribution is 5.73. The molecular weight excluding hydrogens is 218 g/mol. The third-order valence-electron chi connectivity index (χ3n) is 1.50. The molecule has 0 aromatic heterocycles. The molecule has 16 heavy (non-hydrogen) atoms. The molecule has 0 aromatic rings. The Hall–Kier alpha value is -1.34. The molecule has 0 fully saturated rings. The normalized spacial score (nSPS) is 13.4. The van der Waals surface area contributed by atoms with Crippen LogP contribution < -0.4 is 0 Å². The fourth-order valence-corrected chi connectivity index (χ4v) is 0.798. The van der Waals surface area contributed by atoms with Crippen molar-refractivity contribution in [1.82, 2.24) is 5.06 Å². The number of hydrogen-bond acceptors (Lipinski definition) is 6. The molecule has 0 aliphatic rings. The molecule has 0 unspecified atom stereocenters. The molecule has 0 aliphatic heterocycles. The third kappa shape index (κ3) is 5.52. The maximum atomic E-state index is 11.2. The van der Waals surface area contributed by atoms with Gasteiger partial charge in [-0.2, -0.15) is 0 Å². The van der Waals surface area contributed by atoms with Crippen LogP contribution in [0.4, 0.5) is 4.79 Å². The molecule has 94 valence electrons. The third-order valence-corrected chi connectivity index (χ3v) is 1.50. The van der Waals surface area contributed by atoms with Crippen LogP contribution in [0, 0.1) is 0 Å². The van der Waals surface area contributed by atoms with Gasteiger partial charge in [0.25, 0.3) is 0 Å². The zero-order valence-electron chi connectivity index (χ0n) is 9.76. The predicted molar refractivity (Wildman–Crippen MR) is 53.6 cm³/mol. The SMILES string of the molecule is CN(OC(=O)OC(C)(C)C)[C@@H](CO)C(=O)O. The van der Waals surface area contributed by atoms with Gasteiger partial charge in [-0.3, -0.25) is 4.79 Å². The molecule has 0 heterocycles. The molecule has 0 spiro atoms. The van der Waals surface area contributed by atoms with Gasteiger partial charge in [-0.15, -0.1) is 5.06 Å².